The quantitative estimate of drug-likeness (QED) is 0.163. The van der Waals surface area contributed by atoms with E-state index < -0.39 is 8.80 Å². The monoisotopic (exact) mass is 691 g/mol. The Morgan fingerprint density at radius 1 is 0.750 bits per heavy atom. The van der Waals surface area contributed by atoms with Crippen molar-refractivity contribution >= 4 is 48.2 Å². The highest BCUT2D eigenvalue weighted by Gasteiger charge is 2.37. The molecular weight excluding hydrogens is 651 g/mol. The Morgan fingerprint density at radius 2 is 1.60 bits per heavy atom. The molecule has 6 aromatic rings. The van der Waals surface area contributed by atoms with E-state index in [2.05, 4.69) is 164 Å². The molecule has 1 aliphatic heterocycles. The number of benzene rings is 5. The van der Waals surface area contributed by atoms with E-state index in [9.17, 15) is 0 Å². The topological polar surface area (TPSA) is 25.6 Å². The number of fused-ring (bicyclic) bond motifs is 7. The molecule has 2 atom stereocenters. The van der Waals surface area contributed by atoms with Gasteiger partial charge in [-0.1, -0.05) is 134 Å². The van der Waals surface area contributed by atoms with Crippen LogP contribution in [-0.2, 0) is 6.42 Å². The molecule has 52 heavy (non-hydrogen) atoms. The molecule has 0 saturated carbocycles. The first-order valence-corrected chi connectivity index (χ1v) is 21.7. The van der Waals surface area contributed by atoms with E-state index >= 15 is 0 Å². The third kappa shape index (κ3) is 5.16. The summed E-state index contributed by atoms with van der Waals surface area (Å²) in [6.07, 6.45) is 18.4. The fourth-order valence-electron chi connectivity index (χ4n) is 8.84. The fourth-order valence-corrected chi connectivity index (χ4v) is 10.3. The summed E-state index contributed by atoms with van der Waals surface area (Å²) >= 11 is 0. The molecule has 2 heterocycles. The predicted molar refractivity (Wildman–Crippen MR) is 219 cm³/mol. The van der Waals surface area contributed by atoms with E-state index in [0.29, 0.717) is 5.92 Å². The van der Waals surface area contributed by atoms with Crippen molar-refractivity contribution in [2.24, 2.45) is 0 Å². The summed E-state index contributed by atoms with van der Waals surface area (Å²) in [5.74, 6) is 2.45. The first-order valence-electron chi connectivity index (χ1n) is 18.8. The minimum Gasteiger partial charge on any atom is -0.460 e. The van der Waals surface area contributed by atoms with Crippen LogP contribution >= 0.6 is 0 Å². The van der Waals surface area contributed by atoms with Crippen molar-refractivity contribution in [3.05, 3.63) is 178 Å². The van der Waals surface area contributed by atoms with Gasteiger partial charge in [0.1, 0.15) is 17.1 Å². The molecule has 254 valence electrons. The van der Waals surface area contributed by atoms with E-state index in [-0.39, 0.29) is 6.04 Å². The molecule has 1 aromatic heterocycles. The van der Waals surface area contributed by atoms with Gasteiger partial charge in [-0.25, -0.2) is 0 Å². The molecule has 0 N–H and O–H groups in total. The van der Waals surface area contributed by atoms with Crippen molar-refractivity contribution in [1.29, 1.82) is 0 Å². The van der Waals surface area contributed by atoms with Gasteiger partial charge in [0.15, 0.2) is 5.58 Å². The van der Waals surface area contributed by atoms with E-state index in [4.69, 9.17) is 9.15 Å². The summed E-state index contributed by atoms with van der Waals surface area (Å²) in [7, 11) is -1.13. The Hall–Kier alpha value is -5.58. The molecule has 10 rings (SSSR count). The van der Waals surface area contributed by atoms with E-state index in [1.165, 1.54) is 44.2 Å². The highest BCUT2D eigenvalue weighted by molar-refractivity contribution is 6.65. The zero-order valence-electron chi connectivity index (χ0n) is 29.7. The third-order valence-electron chi connectivity index (χ3n) is 11.4. The number of rotatable bonds is 6. The van der Waals surface area contributed by atoms with E-state index in [1.54, 1.807) is 0 Å². The number of ether oxygens (including phenoxy) is 1. The smallest absolute Gasteiger partial charge is 0.159 e. The van der Waals surface area contributed by atoms with Crippen LogP contribution in [-0.4, -0.2) is 14.8 Å². The fraction of sp³-hybridized carbons (Fsp3) is 0.167. The van der Waals surface area contributed by atoms with E-state index in [1.807, 2.05) is 0 Å². The summed E-state index contributed by atoms with van der Waals surface area (Å²) in [6, 6.07) is 39.6. The number of nitrogens with zero attached hydrogens (tertiary/aromatic N) is 1. The number of aryl methyl sites for hydroxylation is 1. The average Bonchev–Trinajstić information content (AvgIpc) is 3.77. The van der Waals surface area contributed by atoms with Gasteiger partial charge in [0.2, 0.25) is 0 Å². The maximum Gasteiger partial charge on any atom is 0.159 e. The Balaban J connectivity index is 1.08. The molecule has 3 nitrogen and oxygen atoms in total. The second-order valence-electron chi connectivity index (χ2n) is 14.8. The largest absolute Gasteiger partial charge is 0.460 e. The highest BCUT2D eigenvalue weighted by Crippen LogP contribution is 2.50. The van der Waals surface area contributed by atoms with Crippen molar-refractivity contribution in [2.45, 2.75) is 50.7 Å². The van der Waals surface area contributed by atoms with Gasteiger partial charge in [0.05, 0.1) is 20.5 Å². The molecule has 3 aliphatic carbocycles. The number of allylic oxidation sites excluding steroid dienone is 7. The van der Waals surface area contributed by atoms with Crippen LogP contribution in [0.2, 0.25) is 13.1 Å². The van der Waals surface area contributed by atoms with Gasteiger partial charge < -0.3 is 14.1 Å². The maximum absolute atomic E-state index is 6.70. The Labute approximate surface area is 307 Å². The third-order valence-corrected chi connectivity index (χ3v) is 13.1. The lowest BCUT2D eigenvalue weighted by molar-refractivity contribution is 0.420. The molecule has 0 radical (unpaired) electrons. The lowest BCUT2D eigenvalue weighted by atomic mass is 9.85. The number of hydrogen-bond donors (Lipinski definition) is 0. The van der Waals surface area contributed by atoms with Gasteiger partial charge in [-0.2, -0.15) is 0 Å². The molecular formula is C48H41NO2Si. The van der Waals surface area contributed by atoms with Crippen LogP contribution in [0.5, 0.6) is 5.75 Å². The normalized spacial score (nSPS) is 19.0. The van der Waals surface area contributed by atoms with Crippen molar-refractivity contribution in [3.8, 4) is 16.9 Å². The van der Waals surface area contributed by atoms with E-state index in [0.717, 1.165) is 70.5 Å². The lowest BCUT2D eigenvalue weighted by Crippen LogP contribution is -2.30. The van der Waals surface area contributed by atoms with Gasteiger partial charge in [0.25, 0.3) is 0 Å². The SMILES string of the molecule is C[SiH](C)C1=CCC2C(=C1C1=CCC(N(c3cccc(-c4ccc5c(c4)CCC=C5)c3)c3cccc4c3oc3ccccc34)C=C1)Oc1ccccc12. The van der Waals surface area contributed by atoms with Gasteiger partial charge >= 0.3 is 0 Å². The summed E-state index contributed by atoms with van der Waals surface area (Å²) in [5, 5.41) is 3.81. The molecule has 0 spiro atoms. The van der Waals surface area contributed by atoms with Crippen LogP contribution in [0.3, 0.4) is 0 Å². The molecule has 5 aromatic carbocycles. The summed E-state index contributed by atoms with van der Waals surface area (Å²) in [6.45, 7) is 4.87. The minimum atomic E-state index is -1.13. The maximum atomic E-state index is 6.70. The Morgan fingerprint density at radius 3 is 2.50 bits per heavy atom. The molecule has 0 bridgehead atoms. The molecule has 0 fully saturated rings. The number of anilines is 2. The van der Waals surface area contributed by atoms with Crippen LogP contribution in [0.4, 0.5) is 11.4 Å². The number of para-hydroxylation sites is 3. The van der Waals surface area contributed by atoms with Crippen molar-refractivity contribution < 1.29 is 9.15 Å². The van der Waals surface area contributed by atoms with Crippen molar-refractivity contribution in [3.63, 3.8) is 0 Å². The molecule has 2 unspecified atom stereocenters. The van der Waals surface area contributed by atoms with Gasteiger partial charge in [-0.15, -0.1) is 0 Å². The second-order valence-corrected chi connectivity index (χ2v) is 17.8. The molecule has 4 aliphatic rings. The number of hydrogen-bond acceptors (Lipinski definition) is 3. The average molecular weight is 692 g/mol. The second kappa shape index (κ2) is 12.6. The van der Waals surface area contributed by atoms with Gasteiger partial charge in [-0.05, 0) is 83.8 Å². The number of furan rings is 1. The standard InChI is InChI=1S/C48H41NO2Si/c1-52(2)45-28-27-41-39-16-6-8-20-44(39)51-48(41)46(45)32-23-25-36(26-24-32)49(42-18-10-17-40-38-15-5-7-19-43(38)50-47(40)42)37-14-9-13-34(30-37)35-22-21-31-11-3-4-12-33(31)29-35/h3,5-11,13-25,28-30,36,41,52H,4,12,26-27H2,1-2H3. The molecule has 0 saturated heterocycles. The van der Waals surface area contributed by atoms with Crippen LogP contribution in [0.15, 0.2) is 166 Å². The van der Waals surface area contributed by atoms with Crippen molar-refractivity contribution in [2.75, 3.05) is 4.90 Å². The van der Waals surface area contributed by atoms with Crippen molar-refractivity contribution in [1.82, 2.24) is 0 Å². The van der Waals surface area contributed by atoms with Gasteiger partial charge in [0, 0.05) is 33.5 Å². The van der Waals surface area contributed by atoms with Crippen LogP contribution in [0.25, 0.3) is 39.1 Å². The predicted octanol–water partition coefficient (Wildman–Crippen LogP) is 12.4. The molecule has 0 amide bonds. The zero-order chi connectivity index (χ0) is 34.8. The van der Waals surface area contributed by atoms with Crippen LogP contribution < -0.4 is 9.64 Å². The zero-order valence-corrected chi connectivity index (χ0v) is 30.8. The first-order chi connectivity index (χ1) is 25.6. The summed E-state index contributed by atoms with van der Waals surface area (Å²) in [5.41, 5.74) is 13.3. The highest BCUT2D eigenvalue weighted by atomic mass is 28.3. The molecule has 4 heteroatoms. The Kier molecular flexibility index (Phi) is 7.54. The summed E-state index contributed by atoms with van der Waals surface area (Å²) in [4.78, 5) is 2.50. The van der Waals surface area contributed by atoms with Gasteiger partial charge in [-0.3, -0.25) is 0 Å². The summed E-state index contributed by atoms with van der Waals surface area (Å²) < 4.78 is 13.4. The minimum absolute atomic E-state index is 0.0851. The van der Waals surface area contributed by atoms with Crippen LogP contribution in [0.1, 0.15) is 41.9 Å². The Bertz CT molecular complexity index is 2560. The van der Waals surface area contributed by atoms with Crippen LogP contribution in [0, 0.1) is 0 Å². The lowest BCUT2D eigenvalue weighted by Gasteiger charge is -2.34. The first kappa shape index (κ1) is 31.2.